The number of hydrogen-bond acceptors (Lipinski definition) is 4. The molecule has 2 aromatic rings. The fourth-order valence-electron chi connectivity index (χ4n) is 4.79. The molecule has 6 nitrogen and oxygen atoms in total. The van der Waals surface area contributed by atoms with Crippen molar-refractivity contribution in [3.05, 3.63) is 52.4 Å². The molecule has 5 heterocycles. The Hall–Kier alpha value is -2.84. The third kappa shape index (κ3) is 2.90. The Balaban J connectivity index is 1.27. The van der Waals surface area contributed by atoms with Gasteiger partial charge in [0.25, 0.3) is 6.43 Å². The van der Waals surface area contributed by atoms with Crippen LogP contribution in [-0.2, 0) is 6.54 Å². The van der Waals surface area contributed by atoms with Crippen molar-refractivity contribution >= 4 is 11.7 Å². The summed E-state index contributed by atoms with van der Waals surface area (Å²) in [5, 5.41) is 0. The zero-order valence-corrected chi connectivity index (χ0v) is 16.8. The maximum atomic E-state index is 13.8. The Kier molecular flexibility index (Phi) is 4.37. The van der Waals surface area contributed by atoms with Crippen LogP contribution in [0.3, 0.4) is 0 Å². The van der Waals surface area contributed by atoms with Crippen LogP contribution in [0.4, 0.5) is 23.7 Å². The topological polar surface area (TPSA) is 52.6 Å². The number of aromatic nitrogens is 2. The fraction of sp³-hybridized carbons (Fsp3) is 0.476. The quantitative estimate of drug-likeness (QED) is 0.764. The van der Waals surface area contributed by atoms with Gasteiger partial charge in [0.05, 0.1) is 36.2 Å². The summed E-state index contributed by atoms with van der Waals surface area (Å²) in [6, 6.07) is 3.18. The molecule has 30 heavy (non-hydrogen) atoms. The van der Waals surface area contributed by atoms with E-state index < -0.39 is 17.9 Å². The molecule has 9 heteroatoms. The zero-order chi connectivity index (χ0) is 21.2. The lowest BCUT2D eigenvalue weighted by molar-refractivity contribution is 0.0757. The summed E-state index contributed by atoms with van der Waals surface area (Å²) in [6.45, 7) is 6.32. The van der Waals surface area contributed by atoms with Crippen LogP contribution in [0.5, 0.6) is 0 Å². The van der Waals surface area contributed by atoms with Gasteiger partial charge in [0.1, 0.15) is 5.69 Å². The highest BCUT2D eigenvalue weighted by Gasteiger charge is 2.45. The standard InChI is InChI=1S/C21H22F3N5O/c1-11-5-12(2)26-18-15(11)10-29-17(18)3-4-28(21(29)30)14-8-27(9-14)13-6-16(22)19(20(23)24)25-7-13/h5-7,14,17,20H,3-4,8-10H2,1-2H3. The van der Waals surface area contributed by atoms with E-state index >= 15 is 0 Å². The van der Waals surface area contributed by atoms with Gasteiger partial charge in [0.2, 0.25) is 0 Å². The number of carbonyl (C=O) groups is 1. The number of urea groups is 1. The van der Waals surface area contributed by atoms with Crippen molar-refractivity contribution in [3.8, 4) is 0 Å². The SMILES string of the molecule is Cc1cc(C)c2c(n1)C1CCN(C3CN(c4cnc(C(F)F)c(F)c4)C3)C(=O)N1C2. The van der Waals surface area contributed by atoms with Gasteiger partial charge in [-0.25, -0.2) is 18.0 Å². The number of rotatable bonds is 3. The smallest absolute Gasteiger partial charge is 0.321 e. The van der Waals surface area contributed by atoms with E-state index in [2.05, 4.69) is 18.0 Å². The van der Waals surface area contributed by atoms with Crippen LogP contribution < -0.4 is 4.90 Å². The summed E-state index contributed by atoms with van der Waals surface area (Å²) in [4.78, 5) is 27.0. The average molecular weight is 417 g/mol. The number of nitrogens with zero attached hydrogens (tertiary/aromatic N) is 5. The normalized spacial score (nSPS) is 21.2. The van der Waals surface area contributed by atoms with Crippen LogP contribution in [0.15, 0.2) is 18.3 Å². The number of fused-ring (bicyclic) bond motifs is 3. The van der Waals surface area contributed by atoms with E-state index in [-0.39, 0.29) is 18.1 Å². The number of anilines is 1. The molecule has 0 aliphatic carbocycles. The average Bonchev–Trinajstić information content (AvgIpc) is 3.02. The Labute approximate surface area is 172 Å². The van der Waals surface area contributed by atoms with Crippen LogP contribution in [0.2, 0.25) is 0 Å². The van der Waals surface area contributed by atoms with E-state index in [1.807, 2.05) is 21.6 Å². The summed E-state index contributed by atoms with van der Waals surface area (Å²) in [6.07, 6.45) is -0.846. The van der Waals surface area contributed by atoms with Gasteiger partial charge in [-0.05, 0) is 37.5 Å². The summed E-state index contributed by atoms with van der Waals surface area (Å²) >= 11 is 0. The molecule has 2 fully saturated rings. The highest BCUT2D eigenvalue weighted by Crippen LogP contribution is 2.41. The van der Waals surface area contributed by atoms with Gasteiger partial charge in [-0.3, -0.25) is 9.97 Å². The van der Waals surface area contributed by atoms with Gasteiger partial charge in [0, 0.05) is 31.4 Å². The minimum Gasteiger partial charge on any atom is -0.366 e. The maximum absolute atomic E-state index is 13.8. The van der Waals surface area contributed by atoms with Gasteiger partial charge in [-0.15, -0.1) is 0 Å². The molecule has 3 aliphatic rings. The van der Waals surface area contributed by atoms with Crippen LogP contribution in [0.1, 0.15) is 47.1 Å². The minimum atomic E-state index is -2.94. The van der Waals surface area contributed by atoms with Crippen LogP contribution >= 0.6 is 0 Å². The van der Waals surface area contributed by atoms with E-state index in [0.717, 1.165) is 29.4 Å². The predicted molar refractivity (Wildman–Crippen MR) is 104 cm³/mol. The molecular weight excluding hydrogens is 395 g/mol. The van der Waals surface area contributed by atoms with Crippen LogP contribution in [0, 0.1) is 19.7 Å². The molecule has 2 aromatic heterocycles. The third-order valence-electron chi connectivity index (χ3n) is 6.39. The van der Waals surface area contributed by atoms with E-state index in [1.54, 1.807) is 0 Å². The van der Waals surface area contributed by atoms with Crippen molar-refractivity contribution in [3.63, 3.8) is 0 Å². The second-order valence-corrected chi connectivity index (χ2v) is 8.27. The molecule has 0 N–H and O–H groups in total. The van der Waals surface area contributed by atoms with Gasteiger partial charge in [-0.1, -0.05) is 0 Å². The van der Waals surface area contributed by atoms with E-state index in [1.165, 1.54) is 11.8 Å². The summed E-state index contributed by atoms with van der Waals surface area (Å²) in [7, 11) is 0. The van der Waals surface area contributed by atoms with Crippen molar-refractivity contribution in [2.75, 3.05) is 24.5 Å². The van der Waals surface area contributed by atoms with Crippen molar-refractivity contribution < 1.29 is 18.0 Å². The van der Waals surface area contributed by atoms with Crippen LogP contribution in [-0.4, -0.2) is 51.5 Å². The van der Waals surface area contributed by atoms with Crippen molar-refractivity contribution in [1.29, 1.82) is 0 Å². The number of pyridine rings is 2. The van der Waals surface area contributed by atoms with Gasteiger partial charge >= 0.3 is 6.03 Å². The minimum absolute atomic E-state index is 0.00306. The number of amides is 2. The highest BCUT2D eigenvalue weighted by molar-refractivity contribution is 5.78. The number of hydrogen-bond donors (Lipinski definition) is 0. The second kappa shape index (κ2) is 6.85. The first kappa shape index (κ1) is 19.1. The van der Waals surface area contributed by atoms with Gasteiger partial charge in [-0.2, -0.15) is 0 Å². The number of alkyl halides is 2. The molecule has 0 radical (unpaired) electrons. The first-order valence-electron chi connectivity index (χ1n) is 10.1. The molecule has 0 spiro atoms. The predicted octanol–water partition coefficient (Wildman–Crippen LogP) is 3.74. The van der Waals surface area contributed by atoms with Gasteiger partial charge in [0.15, 0.2) is 5.82 Å². The lowest BCUT2D eigenvalue weighted by atomic mass is 10.0. The largest absolute Gasteiger partial charge is 0.366 e. The molecule has 5 rings (SSSR count). The van der Waals surface area contributed by atoms with E-state index in [4.69, 9.17) is 4.98 Å². The Bertz CT molecular complexity index is 1020. The number of halogens is 3. The second-order valence-electron chi connectivity index (χ2n) is 8.27. The van der Waals surface area contributed by atoms with E-state index in [9.17, 15) is 18.0 Å². The molecule has 3 aliphatic heterocycles. The van der Waals surface area contributed by atoms with Crippen molar-refractivity contribution in [1.82, 2.24) is 19.8 Å². The Morgan fingerprint density at radius 1 is 1.17 bits per heavy atom. The Morgan fingerprint density at radius 3 is 2.63 bits per heavy atom. The number of aryl methyl sites for hydroxylation is 2. The maximum Gasteiger partial charge on any atom is 0.321 e. The first-order valence-corrected chi connectivity index (χ1v) is 10.1. The van der Waals surface area contributed by atoms with E-state index in [0.29, 0.717) is 31.9 Å². The molecule has 2 amide bonds. The molecule has 1 atom stereocenters. The lowest BCUT2D eigenvalue weighted by Crippen LogP contribution is -2.64. The molecule has 0 saturated carbocycles. The first-order chi connectivity index (χ1) is 14.3. The molecular formula is C21H22F3N5O. The molecule has 2 saturated heterocycles. The summed E-state index contributed by atoms with van der Waals surface area (Å²) in [5.74, 6) is -1.00. The molecule has 1 unspecified atom stereocenters. The summed E-state index contributed by atoms with van der Waals surface area (Å²) < 4.78 is 39.2. The molecule has 0 bridgehead atoms. The van der Waals surface area contributed by atoms with Crippen molar-refractivity contribution in [2.45, 2.75) is 45.3 Å². The number of carbonyl (C=O) groups excluding carboxylic acids is 1. The van der Waals surface area contributed by atoms with Crippen molar-refractivity contribution in [2.24, 2.45) is 0 Å². The lowest BCUT2D eigenvalue weighted by Gasteiger charge is -2.49. The third-order valence-corrected chi connectivity index (χ3v) is 6.39. The zero-order valence-electron chi connectivity index (χ0n) is 16.8. The van der Waals surface area contributed by atoms with Crippen LogP contribution in [0.25, 0.3) is 0 Å². The Morgan fingerprint density at radius 2 is 1.93 bits per heavy atom. The van der Waals surface area contributed by atoms with Gasteiger partial charge < -0.3 is 14.7 Å². The fourth-order valence-corrected chi connectivity index (χ4v) is 4.79. The highest BCUT2D eigenvalue weighted by atomic mass is 19.3. The molecule has 0 aromatic carbocycles. The molecule has 158 valence electrons. The monoisotopic (exact) mass is 417 g/mol. The summed E-state index contributed by atoms with van der Waals surface area (Å²) in [5.41, 5.74) is 3.94.